The molecule has 0 aromatic carbocycles. The van der Waals surface area contributed by atoms with Gasteiger partial charge in [0.1, 0.15) is 18.1 Å². The Morgan fingerprint density at radius 2 is 1.94 bits per heavy atom. The van der Waals surface area contributed by atoms with E-state index in [-0.39, 0.29) is 18.3 Å². The number of anilines is 2. The van der Waals surface area contributed by atoms with Gasteiger partial charge in [-0.05, 0) is 49.3 Å². The number of aromatic nitrogens is 5. The number of hydrogen-bond donors (Lipinski definition) is 2. The lowest BCUT2D eigenvalue weighted by Crippen LogP contribution is -2.37. The molecule has 1 amide bonds. The first kappa shape index (κ1) is 24.4. The molecule has 0 saturated heterocycles. The van der Waals surface area contributed by atoms with Gasteiger partial charge in [-0.25, -0.2) is 9.97 Å². The minimum Gasteiger partial charge on any atom is -0.387 e. The molecule has 36 heavy (non-hydrogen) atoms. The second-order valence-electron chi connectivity index (χ2n) is 9.76. The van der Waals surface area contributed by atoms with Crippen LogP contribution in [0, 0.1) is 5.92 Å². The Hall–Kier alpha value is -3.30. The van der Waals surface area contributed by atoms with Crippen LogP contribution in [0.1, 0.15) is 49.9 Å². The number of carbonyl (C=O) groups is 1. The summed E-state index contributed by atoms with van der Waals surface area (Å²) in [7, 11) is 0. The molecular weight excluding hydrogens is 478 g/mol. The van der Waals surface area contributed by atoms with Crippen molar-refractivity contribution in [2.45, 2.75) is 51.6 Å². The topological polar surface area (TPSA) is 109 Å². The molecule has 10 heteroatoms. The van der Waals surface area contributed by atoms with Crippen molar-refractivity contribution in [3.05, 3.63) is 48.0 Å². The van der Waals surface area contributed by atoms with E-state index in [4.69, 9.17) is 15.1 Å². The normalized spacial score (nSPS) is 19.7. The van der Waals surface area contributed by atoms with Crippen LogP contribution in [-0.4, -0.2) is 53.6 Å². The van der Waals surface area contributed by atoms with E-state index >= 15 is 0 Å². The van der Waals surface area contributed by atoms with Gasteiger partial charge in [0.25, 0.3) is 0 Å². The number of halogens is 1. The molecule has 188 valence electrons. The van der Waals surface area contributed by atoms with Gasteiger partial charge >= 0.3 is 0 Å². The number of pyridine rings is 2. The average Bonchev–Trinajstić information content (AvgIpc) is 3.22. The van der Waals surface area contributed by atoms with Crippen molar-refractivity contribution in [3.63, 3.8) is 0 Å². The summed E-state index contributed by atoms with van der Waals surface area (Å²) in [6.45, 7) is 2.90. The van der Waals surface area contributed by atoms with Gasteiger partial charge in [0.2, 0.25) is 11.9 Å². The van der Waals surface area contributed by atoms with E-state index in [1.165, 1.54) is 12.8 Å². The molecule has 2 N–H and O–H groups in total. The summed E-state index contributed by atoms with van der Waals surface area (Å²) in [4.78, 5) is 32.2. The Bertz CT molecular complexity index is 1410. The van der Waals surface area contributed by atoms with Crippen molar-refractivity contribution < 1.29 is 9.90 Å². The lowest BCUT2D eigenvalue weighted by molar-refractivity contribution is -0.135. The minimum absolute atomic E-state index is 0. The molecule has 4 aromatic heterocycles. The third-order valence-electron chi connectivity index (χ3n) is 7.47. The number of carbonyl (C=O) groups excluding carboxylic acids is 1. The van der Waals surface area contributed by atoms with Crippen LogP contribution in [0.5, 0.6) is 0 Å². The second kappa shape index (κ2) is 9.99. The molecule has 0 bridgehead atoms. The zero-order chi connectivity index (χ0) is 23.9. The Labute approximate surface area is 215 Å². The summed E-state index contributed by atoms with van der Waals surface area (Å²) in [6, 6.07) is 6.32. The number of aliphatic hydroxyl groups excluding tert-OH is 1. The van der Waals surface area contributed by atoms with Crippen LogP contribution in [0.15, 0.2) is 36.8 Å². The first-order valence-corrected chi connectivity index (χ1v) is 12.4. The second-order valence-corrected chi connectivity index (χ2v) is 9.76. The molecule has 1 fully saturated rings. The van der Waals surface area contributed by atoms with E-state index in [9.17, 15) is 4.79 Å². The number of amides is 1. The van der Waals surface area contributed by atoms with Crippen molar-refractivity contribution in [3.8, 4) is 0 Å². The summed E-state index contributed by atoms with van der Waals surface area (Å²) >= 11 is 0. The first-order valence-electron chi connectivity index (χ1n) is 12.4. The molecule has 2 aliphatic rings. The van der Waals surface area contributed by atoms with Crippen molar-refractivity contribution >= 4 is 52.0 Å². The number of nitrogens with zero attached hydrogens (tertiary/aromatic N) is 6. The SMILES string of the molecule is C[C@H]1CC[C@H](n2c3cnccc3c3cnc(Nc4ccc5c(n4)CCN(C(=O)CO)C5)nc32)CC1.Cl. The van der Waals surface area contributed by atoms with Crippen molar-refractivity contribution in [1.29, 1.82) is 0 Å². The predicted octanol–water partition coefficient (Wildman–Crippen LogP) is 4.17. The van der Waals surface area contributed by atoms with E-state index in [2.05, 4.69) is 26.8 Å². The van der Waals surface area contributed by atoms with E-state index < -0.39 is 6.61 Å². The Morgan fingerprint density at radius 1 is 1.11 bits per heavy atom. The fourth-order valence-corrected chi connectivity index (χ4v) is 5.51. The molecule has 1 aliphatic heterocycles. The number of fused-ring (bicyclic) bond motifs is 4. The maximum Gasteiger partial charge on any atom is 0.248 e. The van der Waals surface area contributed by atoms with Crippen LogP contribution < -0.4 is 5.32 Å². The Kier molecular flexibility index (Phi) is 6.77. The Balaban J connectivity index is 0.00000267. The summed E-state index contributed by atoms with van der Waals surface area (Å²) in [6.07, 6.45) is 11.0. The molecule has 1 aliphatic carbocycles. The summed E-state index contributed by atoms with van der Waals surface area (Å²) < 4.78 is 2.36. The highest BCUT2D eigenvalue weighted by molar-refractivity contribution is 6.06. The highest BCUT2D eigenvalue weighted by Crippen LogP contribution is 2.38. The molecule has 9 nitrogen and oxygen atoms in total. The lowest BCUT2D eigenvalue weighted by atomic mass is 9.87. The van der Waals surface area contributed by atoms with E-state index in [0.29, 0.717) is 37.3 Å². The minimum atomic E-state index is -0.463. The van der Waals surface area contributed by atoms with Gasteiger partial charge in [0.05, 0.1) is 11.7 Å². The maximum absolute atomic E-state index is 11.8. The number of nitrogens with one attached hydrogen (secondary N) is 1. The molecule has 0 spiro atoms. The van der Waals surface area contributed by atoms with Gasteiger partial charge in [0, 0.05) is 54.4 Å². The van der Waals surface area contributed by atoms with E-state index in [1.54, 1.807) is 4.90 Å². The average molecular weight is 508 g/mol. The van der Waals surface area contributed by atoms with Crippen LogP contribution in [-0.2, 0) is 17.8 Å². The van der Waals surface area contributed by atoms with Gasteiger partial charge in [-0.1, -0.05) is 13.0 Å². The fraction of sp³-hybridized carbons (Fsp3) is 0.423. The quantitative estimate of drug-likeness (QED) is 0.426. The van der Waals surface area contributed by atoms with E-state index in [1.807, 2.05) is 36.8 Å². The molecule has 0 radical (unpaired) electrons. The third kappa shape index (κ3) is 4.37. The fourth-order valence-electron chi connectivity index (χ4n) is 5.51. The van der Waals surface area contributed by atoms with Gasteiger partial charge in [-0.2, -0.15) is 4.98 Å². The smallest absolute Gasteiger partial charge is 0.248 e. The number of aliphatic hydroxyl groups is 1. The van der Waals surface area contributed by atoms with Crippen LogP contribution in [0.3, 0.4) is 0 Å². The standard InChI is InChI=1S/C26H29N7O2.ClH/c1-16-2-5-18(6-3-16)33-22-13-27-10-8-19(22)20-12-28-26(31-25(20)33)30-23-7-4-17-14-32(24(35)15-34)11-9-21(17)29-23;/h4,7-8,10,12-13,16,18,34H,2-3,5-6,9,11,14-15H2,1H3,(H,28,29,30,31);1H/t16-,18-;. The molecule has 0 atom stereocenters. The van der Waals surface area contributed by atoms with E-state index in [0.717, 1.165) is 52.0 Å². The number of rotatable bonds is 4. The van der Waals surface area contributed by atoms with Crippen LogP contribution in [0.2, 0.25) is 0 Å². The molecule has 1 saturated carbocycles. The van der Waals surface area contributed by atoms with Crippen molar-refractivity contribution in [2.75, 3.05) is 18.5 Å². The van der Waals surface area contributed by atoms with Crippen molar-refractivity contribution in [1.82, 2.24) is 29.4 Å². The van der Waals surface area contributed by atoms with Gasteiger partial charge < -0.3 is 19.9 Å². The summed E-state index contributed by atoms with van der Waals surface area (Å²) in [5.74, 6) is 1.71. The zero-order valence-electron chi connectivity index (χ0n) is 20.2. The predicted molar refractivity (Wildman–Crippen MR) is 140 cm³/mol. The van der Waals surface area contributed by atoms with Crippen LogP contribution in [0.4, 0.5) is 11.8 Å². The highest BCUT2D eigenvalue weighted by atomic mass is 35.5. The van der Waals surface area contributed by atoms with Gasteiger partial charge in [-0.15, -0.1) is 12.4 Å². The molecule has 0 unspecified atom stereocenters. The monoisotopic (exact) mass is 507 g/mol. The van der Waals surface area contributed by atoms with Crippen LogP contribution in [0.25, 0.3) is 21.9 Å². The lowest BCUT2D eigenvalue weighted by Gasteiger charge is -2.28. The maximum atomic E-state index is 11.8. The van der Waals surface area contributed by atoms with Gasteiger partial charge in [-0.3, -0.25) is 9.78 Å². The molecule has 4 aromatic rings. The van der Waals surface area contributed by atoms with Gasteiger partial charge in [0.15, 0.2) is 0 Å². The summed E-state index contributed by atoms with van der Waals surface area (Å²) in [5.41, 5.74) is 4.00. The van der Waals surface area contributed by atoms with Crippen LogP contribution >= 0.6 is 12.4 Å². The zero-order valence-corrected chi connectivity index (χ0v) is 21.0. The number of hydrogen-bond acceptors (Lipinski definition) is 7. The van der Waals surface area contributed by atoms with Crippen molar-refractivity contribution in [2.24, 2.45) is 5.92 Å². The largest absolute Gasteiger partial charge is 0.387 e. The third-order valence-corrected chi connectivity index (χ3v) is 7.47. The molecular formula is C26H30ClN7O2. The Morgan fingerprint density at radius 3 is 2.75 bits per heavy atom. The molecule has 5 heterocycles. The highest BCUT2D eigenvalue weighted by Gasteiger charge is 2.25. The summed E-state index contributed by atoms with van der Waals surface area (Å²) in [5, 5.41) is 14.6. The first-order chi connectivity index (χ1) is 17.1. The molecule has 6 rings (SSSR count).